The Morgan fingerprint density at radius 2 is 2.04 bits per heavy atom. The number of nitrogens with zero attached hydrogens (tertiary/aromatic N) is 4. The van der Waals surface area contributed by atoms with Crippen LogP contribution in [-0.2, 0) is 4.79 Å². The number of amides is 1. The van der Waals surface area contributed by atoms with Crippen molar-refractivity contribution < 1.29 is 4.79 Å². The highest BCUT2D eigenvalue weighted by Crippen LogP contribution is 2.21. The number of aromatic nitrogens is 1. The van der Waals surface area contributed by atoms with Crippen LogP contribution in [0.1, 0.15) is 39.0 Å². The Hall–Kier alpha value is -1.27. The standard InChI is InChI=1S/C22H36N4OS/c1-2-3-16-28-17-9-22(27)26-11-6-7-20(19-26)18-24-12-14-25(15-13-24)21-8-4-5-10-23-21/h4-5,8,10,20H,2-3,6-7,9,11-19H2,1H3. The van der Waals surface area contributed by atoms with Gasteiger partial charge in [-0.15, -0.1) is 0 Å². The summed E-state index contributed by atoms with van der Waals surface area (Å²) < 4.78 is 0. The molecule has 0 radical (unpaired) electrons. The monoisotopic (exact) mass is 404 g/mol. The van der Waals surface area contributed by atoms with Gasteiger partial charge in [-0.1, -0.05) is 19.4 Å². The van der Waals surface area contributed by atoms with Crippen molar-refractivity contribution >= 4 is 23.5 Å². The van der Waals surface area contributed by atoms with Gasteiger partial charge in [0.15, 0.2) is 0 Å². The molecule has 3 heterocycles. The predicted octanol–water partition coefficient (Wildman–Crippen LogP) is 3.37. The van der Waals surface area contributed by atoms with Crippen LogP contribution >= 0.6 is 11.8 Å². The Bertz CT molecular complexity index is 577. The van der Waals surface area contributed by atoms with E-state index in [0.29, 0.717) is 18.2 Å². The van der Waals surface area contributed by atoms with Gasteiger partial charge in [-0.25, -0.2) is 4.98 Å². The Balaban J connectivity index is 1.36. The molecule has 2 fully saturated rings. The van der Waals surface area contributed by atoms with Crippen molar-refractivity contribution in [1.82, 2.24) is 14.8 Å². The molecule has 156 valence electrons. The number of carbonyl (C=O) groups excluding carboxylic acids is 1. The molecule has 0 aliphatic carbocycles. The lowest BCUT2D eigenvalue weighted by atomic mass is 9.97. The largest absolute Gasteiger partial charge is 0.354 e. The van der Waals surface area contributed by atoms with Crippen LogP contribution < -0.4 is 4.90 Å². The second kappa shape index (κ2) is 11.7. The third-order valence-corrected chi connectivity index (χ3v) is 6.91. The summed E-state index contributed by atoms with van der Waals surface area (Å²) in [6.45, 7) is 9.54. The molecule has 1 aromatic rings. The van der Waals surface area contributed by atoms with Gasteiger partial charge in [0.1, 0.15) is 5.82 Å². The first-order valence-electron chi connectivity index (χ1n) is 11.0. The first-order valence-corrected chi connectivity index (χ1v) is 12.2. The maximum absolute atomic E-state index is 12.6. The van der Waals surface area contributed by atoms with Crippen LogP contribution in [0, 0.1) is 5.92 Å². The molecule has 1 unspecified atom stereocenters. The van der Waals surface area contributed by atoms with Gasteiger partial charge in [0.25, 0.3) is 0 Å². The highest BCUT2D eigenvalue weighted by atomic mass is 32.2. The summed E-state index contributed by atoms with van der Waals surface area (Å²) >= 11 is 1.93. The molecule has 2 aliphatic heterocycles. The molecule has 3 rings (SSSR count). The number of piperidine rings is 1. The van der Waals surface area contributed by atoms with Crippen molar-refractivity contribution in [3.8, 4) is 0 Å². The molecule has 1 amide bonds. The van der Waals surface area contributed by atoms with E-state index in [-0.39, 0.29) is 0 Å². The number of piperazine rings is 1. The topological polar surface area (TPSA) is 39.7 Å². The molecule has 28 heavy (non-hydrogen) atoms. The lowest BCUT2D eigenvalue weighted by Crippen LogP contribution is -2.50. The normalized spacial score (nSPS) is 21.1. The van der Waals surface area contributed by atoms with Gasteiger partial charge in [-0.05, 0) is 43.1 Å². The zero-order chi connectivity index (χ0) is 19.6. The molecular formula is C22H36N4OS. The summed E-state index contributed by atoms with van der Waals surface area (Å²) in [5.41, 5.74) is 0. The SMILES string of the molecule is CCCCSCCC(=O)N1CCCC(CN2CCN(c3ccccn3)CC2)C1. The number of hydrogen-bond donors (Lipinski definition) is 0. The van der Waals surface area contributed by atoms with E-state index in [1.54, 1.807) is 0 Å². The Labute approximate surface area is 174 Å². The first-order chi connectivity index (χ1) is 13.8. The fourth-order valence-electron chi connectivity index (χ4n) is 4.17. The molecule has 6 heteroatoms. The summed E-state index contributed by atoms with van der Waals surface area (Å²) in [7, 11) is 0. The minimum atomic E-state index is 0.369. The maximum atomic E-state index is 12.6. The van der Waals surface area contributed by atoms with E-state index in [9.17, 15) is 4.79 Å². The molecule has 2 saturated heterocycles. The van der Waals surface area contributed by atoms with Gasteiger partial charge in [-0.3, -0.25) is 9.69 Å². The van der Waals surface area contributed by atoms with Crippen molar-refractivity contribution in [1.29, 1.82) is 0 Å². The molecule has 2 aliphatic rings. The second-order valence-corrected chi connectivity index (χ2v) is 9.26. The molecule has 0 saturated carbocycles. The highest BCUT2D eigenvalue weighted by Gasteiger charge is 2.26. The van der Waals surface area contributed by atoms with Crippen LogP contribution in [0.4, 0.5) is 5.82 Å². The summed E-state index contributed by atoms with van der Waals surface area (Å²) in [4.78, 5) is 24.1. The zero-order valence-electron chi connectivity index (χ0n) is 17.4. The Morgan fingerprint density at radius 3 is 2.79 bits per heavy atom. The van der Waals surface area contributed by atoms with E-state index >= 15 is 0 Å². The number of anilines is 1. The maximum Gasteiger partial charge on any atom is 0.223 e. The van der Waals surface area contributed by atoms with Gasteiger partial charge in [0.05, 0.1) is 0 Å². The quantitative estimate of drug-likeness (QED) is 0.590. The Kier molecular flexibility index (Phi) is 8.93. The summed E-state index contributed by atoms with van der Waals surface area (Å²) in [5, 5.41) is 0. The first kappa shape index (κ1) is 21.4. The third-order valence-electron chi connectivity index (χ3n) is 5.84. The van der Waals surface area contributed by atoms with Crippen LogP contribution in [0.3, 0.4) is 0 Å². The molecular weight excluding hydrogens is 368 g/mol. The fraction of sp³-hybridized carbons (Fsp3) is 0.727. The van der Waals surface area contributed by atoms with Crippen molar-refractivity contribution in [3.63, 3.8) is 0 Å². The van der Waals surface area contributed by atoms with Crippen LogP contribution in [0.5, 0.6) is 0 Å². The molecule has 0 aromatic carbocycles. The van der Waals surface area contributed by atoms with Crippen molar-refractivity contribution in [2.45, 2.75) is 39.0 Å². The third kappa shape index (κ3) is 6.66. The van der Waals surface area contributed by atoms with Crippen LogP contribution in [-0.4, -0.2) is 78.0 Å². The van der Waals surface area contributed by atoms with Gasteiger partial charge in [0, 0.05) is 64.2 Å². The smallest absolute Gasteiger partial charge is 0.223 e. The van der Waals surface area contributed by atoms with Crippen LogP contribution in [0.15, 0.2) is 24.4 Å². The minimum absolute atomic E-state index is 0.369. The predicted molar refractivity (Wildman–Crippen MR) is 119 cm³/mol. The van der Waals surface area contributed by atoms with Crippen molar-refractivity contribution in [2.24, 2.45) is 5.92 Å². The van der Waals surface area contributed by atoms with E-state index in [4.69, 9.17) is 0 Å². The van der Waals surface area contributed by atoms with E-state index in [2.05, 4.69) is 38.7 Å². The molecule has 0 spiro atoms. The number of thioether (sulfide) groups is 1. The lowest BCUT2D eigenvalue weighted by molar-refractivity contribution is -0.132. The number of carbonyl (C=O) groups is 1. The van der Waals surface area contributed by atoms with E-state index in [1.165, 1.54) is 25.0 Å². The molecule has 0 N–H and O–H groups in total. The summed E-state index contributed by atoms with van der Waals surface area (Å²) in [5.74, 6) is 4.26. The van der Waals surface area contributed by atoms with E-state index in [1.807, 2.05) is 24.0 Å². The number of pyridine rings is 1. The zero-order valence-corrected chi connectivity index (χ0v) is 18.2. The average molecular weight is 405 g/mol. The molecule has 5 nitrogen and oxygen atoms in total. The van der Waals surface area contributed by atoms with Crippen LogP contribution in [0.25, 0.3) is 0 Å². The molecule has 1 aromatic heterocycles. The number of rotatable bonds is 9. The summed E-state index contributed by atoms with van der Waals surface area (Å²) in [6.07, 6.45) is 7.51. The van der Waals surface area contributed by atoms with Gasteiger partial charge < -0.3 is 9.80 Å². The molecule has 0 bridgehead atoms. The Morgan fingerprint density at radius 1 is 1.18 bits per heavy atom. The van der Waals surface area contributed by atoms with E-state index < -0.39 is 0 Å². The number of likely N-dealkylation sites (tertiary alicyclic amines) is 1. The highest BCUT2D eigenvalue weighted by molar-refractivity contribution is 7.99. The minimum Gasteiger partial charge on any atom is -0.354 e. The molecule has 1 atom stereocenters. The number of unbranched alkanes of at least 4 members (excludes halogenated alkanes) is 1. The average Bonchev–Trinajstić information content (AvgIpc) is 2.75. The van der Waals surface area contributed by atoms with Crippen molar-refractivity contribution in [2.75, 3.05) is 62.2 Å². The van der Waals surface area contributed by atoms with Gasteiger partial charge >= 0.3 is 0 Å². The van der Waals surface area contributed by atoms with Gasteiger partial charge in [0.2, 0.25) is 5.91 Å². The van der Waals surface area contributed by atoms with E-state index in [0.717, 1.165) is 63.8 Å². The van der Waals surface area contributed by atoms with Crippen molar-refractivity contribution in [3.05, 3.63) is 24.4 Å². The lowest BCUT2D eigenvalue weighted by Gasteiger charge is -2.39. The second-order valence-electron chi connectivity index (χ2n) is 8.04. The number of hydrogen-bond acceptors (Lipinski definition) is 5. The van der Waals surface area contributed by atoms with Crippen LogP contribution in [0.2, 0.25) is 0 Å². The fourth-order valence-corrected chi connectivity index (χ4v) is 5.19. The summed E-state index contributed by atoms with van der Waals surface area (Å²) in [6, 6.07) is 6.13. The van der Waals surface area contributed by atoms with Gasteiger partial charge in [-0.2, -0.15) is 11.8 Å².